The van der Waals surface area contributed by atoms with Crippen LogP contribution in [-0.2, 0) is 6.42 Å². The Morgan fingerprint density at radius 2 is 2.00 bits per heavy atom. The van der Waals surface area contributed by atoms with Crippen molar-refractivity contribution in [1.29, 1.82) is 0 Å². The van der Waals surface area contributed by atoms with Crippen LogP contribution in [0.1, 0.15) is 28.5 Å². The van der Waals surface area contributed by atoms with Gasteiger partial charge in [0, 0.05) is 29.0 Å². The van der Waals surface area contributed by atoms with Gasteiger partial charge in [-0.05, 0) is 36.6 Å². The summed E-state index contributed by atoms with van der Waals surface area (Å²) in [7, 11) is 0. The molecule has 0 bridgehead atoms. The topological polar surface area (TPSA) is 54.9 Å². The highest BCUT2D eigenvalue weighted by Gasteiger charge is 2.14. The van der Waals surface area contributed by atoms with Crippen molar-refractivity contribution in [2.45, 2.75) is 20.3 Å². The third-order valence-electron chi connectivity index (χ3n) is 3.64. The SMILES string of the molecule is CCc1cccc(C)c1NC(=O)c1csc(-c2ccncc2)n1. The first-order valence-electron chi connectivity index (χ1n) is 7.44. The predicted octanol–water partition coefficient (Wildman–Crippen LogP) is 4.33. The fourth-order valence-corrected chi connectivity index (χ4v) is 3.19. The number of nitrogens with one attached hydrogen (secondary N) is 1. The van der Waals surface area contributed by atoms with Gasteiger partial charge in [-0.25, -0.2) is 4.98 Å². The summed E-state index contributed by atoms with van der Waals surface area (Å²) in [6.45, 7) is 4.08. The number of hydrogen-bond donors (Lipinski definition) is 1. The van der Waals surface area contributed by atoms with Gasteiger partial charge in [-0.3, -0.25) is 9.78 Å². The number of para-hydroxylation sites is 1. The second kappa shape index (κ2) is 6.71. The molecule has 5 heteroatoms. The first-order chi connectivity index (χ1) is 11.2. The standard InChI is InChI=1S/C18H17N3OS/c1-3-13-6-4-5-12(2)16(13)21-17(22)15-11-23-18(20-15)14-7-9-19-10-8-14/h4-11H,3H2,1-2H3,(H,21,22). The largest absolute Gasteiger partial charge is 0.320 e. The van der Waals surface area contributed by atoms with Crippen molar-refractivity contribution in [1.82, 2.24) is 9.97 Å². The molecule has 0 atom stereocenters. The Morgan fingerprint density at radius 3 is 2.74 bits per heavy atom. The molecule has 0 unspecified atom stereocenters. The zero-order chi connectivity index (χ0) is 16.2. The number of anilines is 1. The monoisotopic (exact) mass is 323 g/mol. The van der Waals surface area contributed by atoms with Crippen LogP contribution in [0.5, 0.6) is 0 Å². The molecule has 2 heterocycles. The van der Waals surface area contributed by atoms with E-state index in [2.05, 4.69) is 22.2 Å². The summed E-state index contributed by atoms with van der Waals surface area (Å²) in [6.07, 6.45) is 4.31. The van der Waals surface area contributed by atoms with E-state index in [9.17, 15) is 4.79 Å². The number of carbonyl (C=O) groups is 1. The number of thiazole rings is 1. The van der Waals surface area contributed by atoms with E-state index in [-0.39, 0.29) is 5.91 Å². The molecule has 0 radical (unpaired) electrons. The molecule has 1 N–H and O–H groups in total. The van der Waals surface area contributed by atoms with Gasteiger partial charge in [0.25, 0.3) is 5.91 Å². The molecule has 0 saturated carbocycles. The molecule has 0 spiro atoms. The van der Waals surface area contributed by atoms with E-state index in [4.69, 9.17) is 0 Å². The molecule has 116 valence electrons. The zero-order valence-electron chi connectivity index (χ0n) is 13.0. The number of carbonyl (C=O) groups excluding carboxylic acids is 1. The summed E-state index contributed by atoms with van der Waals surface area (Å²) >= 11 is 1.46. The summed E-state index contributed by atoms with van der Waals surface area (Å²) in [5.74, 6) is -0.175. The lowest BCUT2D eigenvalue weighted by atomic mass is 10.1. The van der Waals surface area contributed by atoms with Gasteiger partial charge in [0.1, 0.15) is 10.7 Å². The quantitative estimate of drug-likeness (QED) is 0.777. The van der Waals surface area contributed by atoms with Gasteiger partial charge < -0.3 is 5.32 Å². The first kappa shape index (κ1) is 15.4. The lowest BCUT2D eigenvalue weighted by Gasteiger charge is -2.11. The molecule has 0 saturated heterocycles. The molecular weight excluding hydrogens is 306 g/mol. The molecule has 1 aromatic carbocycles. The smallest absolute Gasteiger partial charge is 0.275 e. The number of aryl methyl sites for hydroxylation is 2. The Hall–Kier alpha value is -2.53. The molecule has 3 aromatic rings. The third-order valence-corrected chi connectivity index (χ3v) is 4.53. The number of nitrogens with zero attached hydrogens (tertiary/aromatic N) is 2. The maximum Gasteiger partial charge on any atom is 0.275 e. The van der Waals surface area contributed by atoms with E-state index in [0.717, 1.165) is 33.8 Å². The van der Waals surface area contributed by atoms with Crippen LogP contribution in [0.3, 0.4) is 0 Å². The van der Waals surface area contributed by atoms with Crippen LogP contribution in [0.2, 0.25) is 0 Å². The molecule has 0 aliphatic heterocycles. The van der Waals surface area contributed by atoms with Gasteiger partial charge in [-0.15, -0.1) is 11.3 Å². The zero-order valence-corrected chi connectivity index (χ0v) is 13.9. The van der Waals surface area contributed by atoms with E-state index in [1.54, 1.807) is 17.8 Å². The van der Waals surface area contributed by atoms with Gasteiger partial charge in [0.2, 0.25) is 0 Å². The van der Waals surface area contributed by atoms with Crippen LogP contribution in [-0.4, -0.2) is 15.9 Å². The Balaban J connectivity index is 1.84. The minimum atomic E-state index is -0.175. The van der Waals surface area contributed by atoms with E-state index in [0.29, 0.717) is 5.69 Å². The van der Waals surface area contributed by atoms with Crippen LogP contribution in [0, 0.1) is 6.92 Å². The van der Waals surface area contributed by atoms with Crippen molar-refractivity contribution in [3.05, 3.63) is 64.9 Å². The van der Waals surface area contributed by atoms with Crippen molar-refractivity contribution >= 4 is 22.9 Å². The van der Waals surface area contributed by atoms with Gasteiger partial charge in [-0.2, -0.15) is 0 Å². The number of rotatable bonds is 4. The number of benzene rings is 1. The summed E-state index contributed by atoms with van der Waals surface area (Å²) in [6, 6.07) is 9.81. The Bertz CT molecular complexity index is 827. The van der Waals surface area contributed by atoms with E-state index >= 15 is 0 Å². The highest BCUT2D eigenvalue weighted by atomic mass is 32.1. The van der Waals surface area contributed by atoms with Crippen molar-refractivity contribution in [3.63, 3.8) is 0 Å². The number of hydrogen-bond acceptors (Lipinski definition) is 4. The fourth-order valence-electron chi connectivity index (χ4n) is 2.38. The number of aromatic nitrogens is 2. The van der Waals surface area contributed by atoms with Gasteiger partial charge in [-0.1, -0.05) is 25.1 Å². The summed E-state index contributed by atoms with van der Waals surface area (Å²) in [4.78, 5) is 20.9. The molecular formula is C18H17N3OS. The second-order valence-corrected chi connectivity index (χ2v) is 6.05. The molecule has 3 rings (SSSR count). The molecule has 2 aromatic heterocycles. The number of pyridine rings is 1. The van der Waals surface area contributed by atoms with Gasteiger partial charge >= 0.3 is 0 Å². The minimum absolute atomic E-state index is 0.175. The van der Waals surface area contributed by atoms with Crippen LogP contribution >= 0.6 is 11.3 Å². The highest BCUT2D eigenvalue weighted by Crippen LogP contribution is 2.25. The summed E-state index contributed by atoms with van der Waals surface area (Å²) in [5, 5.41) is 5.61. The first-order valence-corrected chi connectivity index (χ1v) is 8.32. The van der Waals surface area contributed by atoms with Crippen LogP contribution in [0.25, 0.3) is 10.6 Å². The number of amides is 1. The minimum Gasteiger partial charge on any atom is -0.320 e. The molecule has 1 amide bonds. The van der Waals surface area contributed by atoms with Gasteiger partial charge in [0.15, 0.2) is 0 Å². The van der Waals surface area contributed by atoms with Crippen molar-refractivity contribution in [3.8, 4) is 10.6 Å². The van der Waals surface area contributed by atoms with Gasteiger partial charge in [0.05, 0.1) is 0 Å². The fraction of sp³-hybridized carbons (Fsp3) is 0.167. The lowest BCUT2D eigenvalue weighted by Crippen LogP contribution is -2.14. The normalized spacial score (nSPS) is 10.5. The average molecular weight is 323 g/mol. The van der Waals surface area contributed by atoms with Crippen LogP contribution < -0.4 is 5.32 Å². The summed E-state index contributed by atoms with van der Waals surface area (Å²) < 4.78 is 0. The summed E-state index contributed by atoms with van der Waals surface area (Å²) in [5.41, 5.74) is 4.48. The van der Waals surface area contributed by atoms with Crippen molar-refractivity contribution in [2.75, 3.05) is 5.32 Å². The van der Waals surface area contributed by atoms with Crippen molar-refractivity contribution < 1.29 is 4.79 Å². The average Bonchev–Trinajstić information content (AvgIpc) is 3.07. The van der Waals surface area contributed by atoms with E-state index in [1.807, 2.05) is 37.3 Å². The lowest BCUT2D eigenvalue weighted by molar-refractivity contribution is 0.102. The molecule has 0 aliphatic carbocycles. The van der Waals surface area contributed by atoms with E-state index < -0.39 is 0 Å². The second-order valence-electron chi connectivity index (χ2n) is 5.19. The highest BCUT2D eigenvalue weighted by molar-refractivity contribution is 7.13. The maximum atomic E-state index is 12.5. The van der Waals surface area contributed by atoms with E-state index in [1.165, 1.54) is 11.3 Å². The molecule has 4 nitrogen and oxygen atoms in total. The Labute approximate surface area is 139 Å². The van der Waals surface area contributed by atoms with Crippen LogP contribution in [0.4, 0.5) is 5.69 Å². The van der Waals surface area contributed by atoms with Crippen LogP contribution in [0.15, 0.2) is 48.1 Å². The maximum absolute atomic E-state index is 12.5. The molecule has 0 aliphatic rings. The molecule has 23 heavy (non-hydrogen) atoms. The van der Waals surface area contributed by atoms with Crippen molar-refractivity contribution in [2.24, 2.45) is 0 Å². The Morgan fingerprint density at radius 1 is 1.22 bits per heavy atom. The third kappa shape index (κ3) is 3.29. The predicted molar refractivity (Wildman–Crippen MR) is 93.9 cm³/mol. The molecule has 0 fully saturated rings. The Kier molecular flexibility index (Phi) is 4.48.